The summed E-state index contributed by atoms with van der Waals surface area (Å²) in [4.78, 5) is 106. The Kier molecular flexibility index (Phi) is 34.3. The molecule has 3 aliphatic rings. The topological polar surface area (TPSA) is 471 Å². The lowest BCUT2D eigenvalue weighted by atomic mass is 9.96. The van der Waals surface area contributed by atoms with Crippen LogP contribution in [-0.2, 0) is 96.1 Å². The Morgan fingerprint density at radius 3 is 1.61 bits per heavy atom. The van der Waals surface area contributed by atoms with Crippen molar-refractivity contribution < 1.29 is 135 Å². The molecular weight excluding hydrogens is 1220 g/mol. The average Bonchev–Trinajstić information content (AvgIpc) is 3.99. The number of aliphatic hydroxyl groups excluding tert-OH is 1. The Balaban J connectivity index is 1.05. The van der Waals surface area contributed by atoms with Crippen LogP contribution in [-0.4, -0.2) is 186 Å². The van der Waals surface area contributed by atoms with Gasteiger partial charge in [-0.15, -0.1) is 0 Å². The molecule has 0 aromatic rings. The predicted molar refractivity (Wildman–Crippen MR) is 280 cm³/mol. The van der Waals surface area contributed by atoms with E-state index >= 15 is 0 Å². The highest BCUT2D eigenvalue weighted by atomic mass is 32.2. The second-order valence-electron chi connectivity index (χ2n) is 18.0. The molecule has 3 heterocycles. The zero-order valence-electron chi connectivity index (χ0n) is 43.8. The van der Waals surface area contributed by atoms with E-state index in [1.807, 2.05) is 11.8 Å². The first kappa shape index (κ1) is 73.2. The van der Waals surface area contributed by atoms with E-state index in [0.29, 0.717) is 83.4 Å². The minimum atomic E-state index is -6.43. The number of carbonyl (C=O) groups is 4. The van der Waals surface area contributed by atoms with Crippen molar-refractivity contribution in [2.45, 2.75) is 138 Å². The number of Topliss-reactive ketones (excluding diaryl/α,β-unsaturated/α-hetero) is 1. The van der Waals surface area contributed by atoms with Crippen molar-refractivity contribution in [3.63, 3.8) is 0 Å². The maximum absolute atomic E-state index is 12.3. The number of rotatable bonds is 48. The van der Waals surface area contributed by atoms with Crippen LogP contribution in [0.25, 0.3) is 0 Å². The van der Waals surface area contributed by atoms with Crippen molar-refractivity contribution in [2.75, 3.05) is 84.9 Å². The van der Waals surface area contributed by atoms with Crippen LogP contribution in [0.2, 0.25) is 0 Å². The SMILES string of the molecule is [B][C@@H]1C[C@@H](O)[C@H](COP(=O)(O)OP(=O)(O)OP(=O)(O)OP(=O)(O)OP(=O)(O)OP(=O)(O)OCCCCCCNC(=O)CCOCCOCCOCCOCCNC(=O)CCCCCCC(=O)CCCCC2SCC3NC(=O)NC32)O1. The third kappa shape index (κ3) is 34.2. The number of hydrogen-bond donors (Lipinski definition) is 11. The summed E-state index contributed by atoms with van der Waals surface area (Å²) in [5.41, 5.74) is 0. The monoisotopic (exact) mass is 1290 g/mol. The van der Waals surface area contributed by atoms with Gasteiger partial charge in [0.2, 0.25) is 11.8 Å². The number of carbonyl (C=O) groups excluding carboxylic acids is 4. The number of aliphatic hydroxyl groups is 1. The summed E-state index contributed by atoms with van der Waals surface area (Å²) in [7, 11) is -31.1. The van der Waals surface area contributed by atoms with Crippen molar-refractivity contribution in [2.24, 2.45) is 0 Å². The Labute approximate surface area is 468 Å². The summed E-state index contributed by atoms with van der Waals surface area (Å²) in [5, 5.41) is 21.6. The van der Waals surface area contributed by atoms with Crippen LogP contribution in [0.15, 0.2) is 0 Å². The minimum Gasteiger partial charge on any atom is -0.390 e. The summed E-state index contributed by atoms with van der Waals surface area (Å²) in [5.74, 6) is 0.902. The van der Waals surface area contributed by atoms with E-state index in [4.69, 9.17) is 31.5 Å². The van der Waals surface area contributed by atoms with Crippen LogP contribution < -0.4 is 21.3 Å². The van der Waals surface area contributed by atoms with Gasteiger partial charge in [0.15, 0.2) is 0 Å². The number of unbranched alkanes of at least 4 members (excludes halogenated alkanes) is 7. The van der Waals surface area contributed by atoms with Gasteiger partial charge in [-0.1, -0.05) is 32.1 Å². The molecule has 0 aromatic carbocycles. The molecule has 0 bridgehead atoms. The van der Waals surface area contributed by atoms with Gasteiger partial charge in [0.25, 0.3) is 0 Å². The molecule has 464 valence electrons. The lowest BCUT2D eigenvalue weighted by molar-refractivity contribution is -0.122. The van der Waals surface area contributed by atoms with Gasteiger partial charge in [-0.25, -0.2) is 32.2 Å². The number of phosphoric acid groups is 6. The first-order valence-corrected chi connectivity index (χ1v) is 35.5. The smallest absolute Gasteiger partial charge is 0.390 e. The van der Waals surface area contributed by atoms with Crippen molar-refractivity contribution in [3.05, 3.63) is 0 Å². The fourth-order valence-electron chi connectivity index (χ4n) is 7.59. The Hall–Kier alpha value is -1.09. The van der Waals surface area contributed by atoms with E-state index < -0.39 is 78.4 Å². The highest BCUT2D eigenvalue weighted by molar-refractivity contribution is 8.00. The van der Waals surface area contributed by atoms with Gasteiger partial charge in [-0.3, -0.25) is 23.4 Å². The molecule has 9 unspecified atom stereocenters. The first-order chi connectivity index (χ1) is 37.6. The van der Waals surface area contributed by atoms with E-state index in [0.717, 1.165) is 50.7 Å². The van der Waals surface area contributed by atoms with E-state index in [1.165, 1.54) is 0 Å². The fraction of sp³-hybridized carbons (Fsp3) is 0.897. The molecule has 0 spiro atoms. The van der Waals surface area contributed by atoms with Crippen LogP contribution in [0.5, 0.6) is 0 Å². The van der Waals surface area contributed by atoms with Gasteiger partial charge in [0.05, 0.1) is 84.3 Å². The molecule has 0 saturated carbocycles. The highest BCUT2D eigenvalue weighted by Crippen LogP contribution is 2.75. The number of amides is 4. The number of hydrogen-bond acceptors (Lipinski definition) is 24. The average molecular weight is 1290 g/mol. The van der Waals surface area contributed by atoms with E-state index in [-0.39, 0.29) is 81.3 Å². The number of thioether (sulfide) groups is 1. The van der Waals surface area contributed by atoms with E-state index in [2.05, 4.69) is 51.9 Å². The molecule has 80 heavy (non-hydrogen) atoms. The number of ether oxygens (including phenoxy) is 5. The summed E-state index contributed by atoms with van der Waals surface area (Å²) < 4.78 is 126. The highest BCUT2D eigenvalue weighted by Gasteiger charge is 2.50. The third-order valence-electron chi connectivity index (χ3n) is 11.2. The van der Waals surface area contributed by atoms with E-state index in [9.17, 15) is 81.0 Å². The van der Waals surface area contributed by atoms with Gasteiger partial charge < -0.3 is 79.4 Å². The largest absolute Gasteiger partial charge is 0.490 e. The molecule has 3 aliphatic heterocycles. The molecule has 4 amide bonds. The molecule has 12 atom stereocenters. The number of fused-ring (bicyclic) bond motifs is 1. The number of phosphoric ester groups is 2. The van der Waals surface area contributed by atoms with E-state index in [1.54, 1.807) is 0 Å². The van der Waals surface area contributed by atoms with Gasteiger partial charge >= 0.3 is 53.0 Å². The van der Waals surface area contributed by atoms with Crippen molar-refractivity contribution in [3.8, 4) is 0 Å². The van der Waals surface area contributed by atoms with Gasteiger partial charge in [-0.05, 0) is 44.9 Å². The van der Waals surface area contributed by atoms with Gasteiger partial charge in [0, 0.05) is 55.8 Å². The second-order valence-corrected chi connectivity index (χ2v) is 28.7. The number of ketones is 1. The third-order valence-corrected chi connectivity index (χ3v) is 22.0. The Bertz CT molecular complexity index is 2220. The minimum absolute atomic E-state index is 0.0401. The van der Waals surface area contributed by atoms with Crippen molar-refractivity contribution >= 4 is 90.2 Å². The molecule has 0 aromatic heterocycles. The van der Waals surface area contributed by atoms with Gasteiger partial charge in [-0.2, -0.15) is 33.3 Å². The second kappa shape index (κ2) is 37.5. The Morgan fingerprint density at radius 1 is 0.562 bits per heavy atom. The van der Waals surface area contributed by atoms with Crippen LogP contribution in [0.1, 0.15) is 103 Å². The predicted octanol–water partition coefficient (Wildman–Crippen LogP) is 3.23. The van der Waals surface area contributed by atoms with Crippen molar-refractivity contribution in [1.29, 1.82) is 0 Å². The maximum Gasteiger partial charge on any atom is 0.490 e. The van der Waals surface area contributed by atoms with Crippen LogP contribution >= 0.6 is 58.7 Å². The molecule has 3 saturated heterocycles. The maximum atomic E-state index is 12.3. The summed E-state index contributed by atoms with van der Waals surface area (Å²) in [6.07, 6.45) is 6.55. The zero-order valence-corrected chi connectivity index (χ0v) is 49.9. The summed E-state index contributed by atoms with van der Waals surface area (Å²) in [6.45, 7) is 1.49. The summed E-state index contributed by atoms with van der Waals surface area (Å²) in [6, 6.07) is -0.653. The molecule has 33 nitrogen and oxygen atoms in total. The Morgan fingerprint density at radius 2 is 1.04 bits per heavy atom. The molecule has 3 fully saturated rings. The normalized spacial score (nSPS) is 24.5. The van der Waals surface area contributed by atoms with Crippen LogP contribution in [0.4, 0.5) is 4.79 Å². The molecular formula is C39H75BN4O29P6S. The van der Waals surface area contributed by atoms with Crippen LogP contribution in [0.3, 0.4) is 0 Å². The van der Waals surface area contributed by atoms with Gasteiger partial charge in [0.1, 0.15) is 19.7 Å². The lowest BCUT2D eigenvalue weighted by Gasteiger charge is -2.21. The molecule has 11 N–H and O–H groups in total. The zero-order chi connectivity index (χ0) is 59.3. The quantitative estimate of drug-likeness (QED) is 0.0180. The number of urea groups is 1. The molecule has 0 aliphatic carbocycles. The van der Waals surface area contributed by atoms with Crippen molar-refractivity contribution in [1.82, 2.24) is 21.3 Å². The first-order valence-electron chi connectivity index (χ1n) is 25.5. The number of nitrogens with one attached hydrogen (secondary N) is 4. The lowest BCUT2D eigenvalue weighted by Crippen LogP contribution is -2.36. The fourth-order valence-corrected chi connectivity index (χ4v) is 17.0. The van der Waals surface area contributed by atoms with Crippen LogP contribution in [0, 0.1) is 0 Å². The molecule has 41 heteroatoms. The summed E-state index contributed by atoms with van der Waals surface area (Å²) >= 11 is 1.89. The molecule has 2 radical (unpaired) electrons. The molecule has 3 rings (SSSR count). The standard InChI is InChI=1S/C39H75BN4O29P6S/c40-35-27-32(46)33(68-35)28-67-75(52,53)70-77(56,57)72-79(60,61)73-78(58,59)71-76(54,55)69-74(50,51)66-18-10-4-3-9-16-41-37(48)15-19-62-21-23-64-25-26-65-24-22-63-20-17-42-36(47)14-6-2-1-5-11-30(45)12-7-8-13-34-38-31(29-80-34)43-39(49)44-38/h31-35,38,46H,1-29H2,(H,41,48)(H,42,47)(H,50,51)(H,52,53)(H,54,55)(H,56,57)(H,58,59)(H,60,61)(H2,43,44,49)/t31?,32-,33+,34?,35+,38?/m1/s1.